The van der Waals surface area contributed by atoms with Gasteiger partial charge >= 0.3 is 11.9 Å². The normalized spacial score (nSPS) is 18.7. The maximum atomic E-state index is 14.1. The van der Waals surface area contributed by atoms with Crippen molar-refractivity contribution in [2.45, 2.75) is 161 Å². The highest BCUT2D eigenvalue weighted by Gasteiger charge is 2.41. The fourth-order valence-corrected chi connectivity index (χ4v) is 8.37. The molecule has 390 valence electrons. The molecule has 2 aliphatic heterocycles. The van der Waals surface area contributed by atoms with Gasteiger partial charge in [0.05, 0.1) is 18.7 Å². The average molecular weight is 988 g/mol. The number of phenols is 1. The molecule has 2 saturated heterocycles. The Bertz CT molecular complexity index is 2030. The molecule has 70 heavy (non-hydrogen) atoms. The van der Waals surface area contributed by atoms with Crippen molar-refractivity contribution in [1.82, 2.24) is 41.7 Å². The predicted octanol–water partition coefficient (Wildman–Crippen LogP) is -1.14. The van der Waals surface area contributed by atoms with Crippen molar-refractivity contribution in [2.24, 2.45) is 23.5 Å². The topological polar surface area (TPSA) is 356 Å². The smallest absolute Gasteiger partial charge is 0.326 e. The van der Waals surface area contributed by atoms with Crippen molar-refractivity contribution in [3.05, 3.63) is 29.8 Å². The summed E-state index contributed by atoms with van der Waals surface area (Å²) in [7, 11) is 0. The van der Waals surface area contributed by atoms with Gasteiger partial charge in [0.15, 0.2) is 0 Å². The van der Waals surface area contributed by atoms with E-state index in [4.69, 9.17) is 5.73 Å². The number of hydrogen-bond donors (Lipinski definition) is 11. The molecule has 8 amide bonds. The van der Waals surface area contributed by atoms with Gasteiger partial charge in [0.2, 0.25) is 47.3 Å². The highest BCUT2D eigenvalue weighted by Crippen LogP contribution is 2.22. The zero-order valence-corrected chi connectivity index (χ0v) is 41.1. The second kappa shape index (κ2) is 27.1. The molecule has 0 bridgehead atoms. The molecule has 0 aliphatic carbocycles. The van der Waals surface area contributed by atoms with Crippen LogP contribution >= 0.6 is 0 Å². The Hall–Kier alpha value is -6.36. The number of carboxylic acid groups (broad SMARTS) is 2. The predicted molar refractivity (Wildman–Crippen MR) is 252 cm³/mol. The molecule has 2 fully saturated rings. The first-order chi connectivity index (χ1) is 32.8. The molecule has 3 rings (SSSR count). The molecule has 23 heteroatoms. The summed E-state index contributed by atoms with van der Waals surface area (Å²) in [4.78, 5) is 135. The summed E-state index contributed by atoms with van der Waals surface area (Å²) in [5.74, 6) is -9.25. The molecular weight excluding hydrogens is 915 g/mol. The third-order valence-corrected chi connectivity index (χ3v) is 12.1. The van der Waals surface area contributed by atoms with Crippen LogP contribution in [-0.4, -0.2) is 163 Å². The van der Waals surface area contributed by atoms with Crippen molar-refractivity contribution in [3.8, 4) is 5.75 Å². The highest BCUT2D eigenvalue weighted by molar-refractivity contribution is 5.98. The molecule has 0 spiro atoms. The Balaban J connectivity index is 1.67. The Morgan fingerprint density at radius 1 is 0.657 bits per heavy atom. The number of likely N-dealkylation sites (tertiary alicyclic amines) is 2. The van der Waals surface area contributed by atoms with Crippen molar-refractivity contribution >= 4 is 59.2 Å². The summed E-state index contributed by atoms with van der Waals surface area (Å²) in [6.45, 7) is 11.3. The monoisotopic (exact) mass is 988 g/mol. The zero-order valence-electron chi connectivity index (χ0n) is 41.1. The molecule has 0 aromatic heterocycles. The number of carbonyl (C=O) groups is 10. The summed E-state index contributed by atoms with van der Waals surface area (Å²) in [5.41, 5.74) is 6.82. The fourth-order valence-electron chi connectivity index (χ4n) is 8.37. The van der Waals surface area contributed by atoms with Crippen LogP contribution in [0.1, 0.15) is 105 Å². The van der Waals surface area contributed by atoms with Gasteiger partial charge in [-0.15, -0.1) is 0 Å². The lowest BCUT2D eigenvalue weighted by molar-refractivity contribution is -0.144. The number of hydrogen-bond acceptors (Lipinski definition) is 13. The van der Waals surface area contributed by atoms with Crippen LogP contribution in [0.3, 0.4) is 0 Å². The molecule has 23 nitrogen and oxygen atoms in total. The molecule has 12 N–H and O–H groups in total. The third-order valence-electron chi connectivity index (χ3n) is 12.1. The number of amides is 8. The number of benzene rings is 1. The molecular formula is C47H73N9O14. The first-order valence-corrected chi connectivity index (χ1v) is 23.9. The van der Waals surface area contributed by atoms with E-state index in [9.17, 15) is 68.4 Å². The van der Waals surface area contributed by atoms with Crippen LogP contribution in [0, 0.1) is 17.8 Å². The van der Waals surface area contributed by atoms with E-state index in [2.05, 4.69) is 31.9 Å². The van der Waals surface area contributed by atoms with Crippen molar-refractivity contribution in [1.29, 1.82) is 0 Å². The van der Waals surface area contributed by atoms with Crippen LogP contribution in [0.2, 0.25) is 0 Å². The first kappa shape index (κ1) is 58.0. The van der Waals surface area contributed by atoms with Gasteiger partial charge in [-0.3, -0.25) is 43.2 Å². The summed E-state index contributed by atoms with van der Waals surface area (Å²) in [6, 6.07) is -3.81. The zero-order chi connectivity index (χ0) is 52.6. The maximum absolute atomic E-state index is 14.1. The van der Waals surface area contributed by atoms with E-state index in [1.807, 2.05) is 13.8 Å². The molecule has 0 unspecified atom stereocenters. The van der Waals surface area contributed by atoms with Crippen molar-refractivity contribution < 1.29 is 68.4 Å². The summed E-state index contributed by atoms with van der Waals surface area (Å²) < 4.78 is 0. The van der Waals surface area contributed by atoms with E-state index < -0.39 is 133 Å². The summed E-state index contributed by atoms with van der Waals surface area (Å²) >= 11 is 0. The number of aliphatic carboxylic acids is 2. The minimum Gasteiger partial charge on any atom is -0.508 e. The highest BCUT2D eigenvalue weighted by atomic mass is 16.4. The van der Waals surface area contributed by atoms with Gasteiger partial charge < -0.3 is 67.9 Å². The van der Waals surface area contributed by atoms with Gasteiger partial charge in [0.1, 0.15) is 48.0 Å². The average Bonchev–Trinajstić information content (AvgIpc) is 3.98. The molecule has 1 aromatic carbocycles. The standard InChI is InChI=1S/C47H73N9O14/c1-24(2)20-32(51-40(62)30(48)22-28-12-14-29(58)15-13-28)41(63)50-31(16-17-37(60)61)46(68)56-19-9-10-34(56)42(64)49-23-36(59)55-18-8-11-35(55)43(65)53-38(26(5)6)44(66)54-39(27(7)57)45(67)52-33(47(69)70)21-25(3)4/h12-15,24-27,30-35,38-39,57-58H,8-11,16-23,48H2,1-7H3,(H,49,64)(H,50,63)(H,51,62)(H,52,67)(H,53,65)(H,54,66)(H,60,61)(H,69,70)/t27-,30+,31+,32+,33+,34+,35+,38+,39+/m1/s1. The lowest BCUT2D eigenvalue weighted by Crippen LogP contribution is -2.61. The number of phenolic OH excluding ortho intramolecular Hbond substituents is 1. The Labute approximate surface area is 407 Å². The van der Waals surface area contributed by atoms with E-state index in [0.29, 0.717) is 18.4 Å². The van der Waals surface area contributed by atoms with E-state index >= 15 is 0 Å². The van der Waals surface area contributed by atoms with Crippen molar-refractivity contribution in [2.75, 3.05) is 19.6 Å². The minimum atomic E-state index is -1.57. The largest absolute Gasteiger partial charge is 0.508 e. The van der Waals surface area contributed by atoms with Gasteiger partial charge in [-0.2, -0.15) is 0 Å². The molecule has 9 atom stereocenters. The summed E-state index contributed by atoms with van der Waals surface area (Å²) in [6.07, 6.45) is -0.818. The lowest BCUT2D eigenvalue weighted by atomic mass is 10.0. The van der Waals surface area contributed by atoms with Gasteiger partial charge in [0.25, 0.3) is 0 Å². The van der Waals surface area contributed by atoms with E-state index in [1.54, 1.807) is 39.8 Å². The quantitative estimate of drug-likeness (QED) is 0.0523. The molecule has 2 heterocycles. The number of rotatable bonds is 26. The number of carbonyl (C=O) groups excluding carboxylic acids is 8. The number of carboxylic acids is 2. The fraction of sp³-hybridized carbons (Fsp3) is 0.660. The number of aliphatic hydroxyl groups excluding tert-OH is 1. The van der Waals surface area contributed by atoms with Crippen LogP contribution in [0.15, 0.2) is 24.3 Å². The second-order valence-electron chi connectivity index (χ2n) is 19.3. The van der Waals surface area contributed by atoms with Gasteiger partial charge in [0, 0.05) is 19.5 Å². The number of nitrogens with one attached hydrogen (secondary N) is 6. The third kappa shape index (κ3) is 17.6. The van der Waals surface area contributed by atoms with E-state index in [0.717, 1.165) is 0 Å². The Morgan fingerprint density at radius 2 is 1.19 bits per heavy atom. The van der Waals surface area contributed by atoms with Crippen LogP contribution in [0.25, 0.3) is 0 Å². The van der Waals surface area contributed by atoms with Gasteiger partial charge in [-0.1, -0.05) is 53.7 Å². The van der Waals surface area contributed by atoms with Gasteiger partial charge in [-0.05, 0) is 93.7 Å². The molecule has 2 aliphatic rings. The van der Waals surface area contributed by atoms with Crippen molar-refractivity contribution in [3.63, 3.8) is 0 Å². The summed E-state index contributed by atoms with van der Waals surface area (Å²) in [5, 5.41) is 54.3. The van der Waals surface area contributed by atoms with Crippen LogP contribution in [0.5, 0.6) is 5.75 Å². The molecule has 1 aromatic rings. The maximum Gasteiger partial charge on any atom is 0.326 e. The SMILES string of the molecule is CC(C)C[C@H](NC(=O)[C@@H](NC(=O)[C@@H](NC(=O)[C@@H]1CCCN1C(=O)CNC(=O)[C@@H]1CCCN1C(=O)[C@H](CCC(=O)O)NC(=O)[C@H](CC(C)C)NC(=O)[C@@H](N)Cc1ccc(O)cc1)C(C)C)[C@@H](C)O)C(=O)O. The molecule has 0 saturated carbocycles. The van der Waals surface area contributed by atoms with Crippen LogP contribution in [0.4, 0.5) is 0 Å². The Morgan fingerprint density at radius 3 is 1.73 bits per heavy atom. The van der Waals surface area contributed by atoms with Gasteiger partial charge in [-0.25, -0.2) is 4.79 Å². The van der Waals surface area contributed by atoms with E-state index in [1.165, 1.54) is 28.9 Å². The minimum absolute atomic E-state index is 0.0335. The number of nitrogens with zero attached hydrogens (tertiary/aromatic N) is 2. The molecule has 0 radical (unpaired) electrons. The number of nitrogens with two attached hydrogens (primary N) is 1. The number of aliphatic hydroxyl groups is 1. The lowest BCUT2D eigenvalue weighted by Gasteiger charge is -2.31. The van der Waals surface area contributed by atoms with Crippen LogP contribution in [-0.2, 0) is 54.4 Å². The van der Waals surface area contributed by atoms with E-state index in [-0.39, 0.29) is 69.2 Å². The second-order valence-corrected chi connectivity index (χ2v) is 19.3. The first-order valence-electron chi connectivity index (χ1n) is 23.9. The number of aromatic hydroxyl groups is 1. The van der Waals surface area contributed by atoms with Crippen LogP contribution < -0.4 is 37.6 Å². The Kier molecular flexibility index (Phi) is 22.5.